The van der Waals surface area contributed by atoms with Crippen molar-refractivity contribution in [2.45, 2.75) is 38.3 Å². The van der Waals surface area contributed by atoms with Gasteiger partial charge in [0.25, 0.3) is 5.91 Å². The molecule has 0 aliphatic carbocycles. The van der Waals surface area contributed by atoms with Crippen LogP contribution >= 0.6 is 0 Å². The third-order valence-electron chi connectivity index (χ3n) is 4.19. The number of ether oxygens (including phenoxy) is 2. The fourth-order valence-corrected chi connectivity index (χ4v) is 2.94. The molecule has 1 saturated heterocycles. The monoisotopic (exact) mass is 337 g/mol. The molecule has 0 aromatic heterocycles. The van der Waals surface area contributed by atoms with E-state index in [1.54, 1.807) is 4.90 Å². The molecule has 0 radical (unpaired) electrons. The van der Waals surface area contributed by atoms with E-state index in [9.17, 15) is 14.9 Å². The molecule has 2 rings (SSSR count). The molecule has 1 heterocycles. The maximum atomic E-state index is 12.4. The largest absolute Gasteiger partial charge is 0.490 e. The molecule has 2 atom stereocenters. The minimum absolute atomic E-state index is 0.0289. The summed E-state index contributed by atoms with van der Waals surface area (Å²) in [5, 5.41) is 10.9. The van der Waals surface area contributed by atoms with Gasteiger partial charge in [0.05, 0.1) is 12.0 Å². The van der Waals surface area contributed by atoms with Crippen LogP contribution in [0.3, 0.4) is 0 Å². The first kappa shape index (κ1) is 18.0. The lowest BCUT2D eigenvalue weighted by Crippen LogP contribution is -2.52. The first-order chi connectivity index (χ1) is 11.4. The molecule has 8 nitrogen and oxygen atoms in total. The fraction of sp³-hybridized carbons (Fsp3) is 0.562. The Kier molecular flexibility index (Phi) is 5.97. The Bertz CT molecular complexity index is 605. The highest BCUT2D eigenvalue weighted by molar-refractivity contribution is 5.78. The second-order valence-electron chi connectivity index (χ2n) is 5.89. The minimum atomic E-state index is -0.533. The lowest BCUT2D eigenvalue weighted by Gasteiger charge is -2.38. The molecule has 24 heavy (non-hydrogen) atoms. The molecule has 1 fully saturated rings. The number of nitro groups is 1. The number of rotatable bonds is 6. The standard InChI is InChI=1S/C16H23N3O5/c1-11(17)13-5-3-4-8-18(13)16(20)10-24-12-6-7-14(19(21)22)15(9-12)23-2/h6-7,9,11,13H,3-5,8,10,17H2,1-2H3. The number of nitrogens with zero attached hydrogens (tertiary/aromatic N) is 2. The Morgan fingerprint density at radius 1 is 1.50 bits per heavy atom. The molecule has 0 saturated carbocycles. The van der Waals surface area contributed by atoms with E-state index in [1.807, 2.05) is 6.92 Å². The zero-order valence-corrected chi connectivity index (χ0v) is 13.9. The lowest BCUT2D eigenvalue weighted by molar-refractivity contribution is -0.385. The van der Waals surface area contributed by atoms with Gasteiger partial charge in [-0.2, -0.15) is 0 Å². The number of benzene rings is 1. The quantitative estimate of drug-likeness (QED) is 0.625. The number of carbonyl (C=O) groups is 1. The molecule has 2 unspecified atom stereocenters. The van der Waals surface area contributed by atoms with E-state index < -0.39 is 4.92 Å². The zero-order valence-electron chi connectivity index (χ0n) is 13.9. The Balaban J connectivity index is 2.02. The topological polar surface area (TPSA) is 108 Å². The molecule has 0 bridgehead atoms. The second kappa shape index (κ2) is 7.96. The molecule has 0 spiro atoms. The Morgan fingerprint density at radius 2 is 2.25 bits per heavy atom. The summed E-state index contributed by atoms with van der Waals surface area (Å²) in [7, 11) is 1.35. The van der Waals surface area contributed by atoms with E-state index in [1.165, 1.54) is 25.3 Å². The Labute approximate surface area is 140 Å². The van der Waals surface area contributed by atoms with Crippen molar-refractivity contribution in [2.24, 2.45) is 5.73 Å². The summed E-state index contributed by atoms with van der Waals surface area (Å²) in [6, 6.07) is 4.09. The molecule has 132 valence electrons. The van der Waals surface area contributed by atoms with E-state index in [2.05, 4.69) is 0 Å². The average Bonchev–Trinajstić information content (AvgIpc) is 2.59. The van der Waals surface area contributed by atoms with Crippen LogP contribution in [0.1, 0.15) is 26.2 Å². The first-order valence-electron chi connectivity index (χ1n) is 7.94. The van der Waals surface area contributed by atoms with Gasteiger partial charge in [0.15, 0.2) is 6.61 Å². The average molecular weight is 337 g/mol. The lowest BCUT2D eigenvalue weighted by atomic mass is 9.97. The van der Waals surface area contributed by atoms with E-state index in [-0.39, 0.29) is 36.0 Å². The van der Waals surface area contributed by atoms with Gasteiger partial charge >= 0.3 is 5.69 Å². The van der Waals surface area contributed by atoms with E-state index in [0.29, 0.717) is 12.3 Å². The number of amides is 1. The van der Waals surface area contributed by atoms with E-state index >= 15 is 0 Å². The molecule has 1 aliphatic rings. The third-order valence-corrected chi connectivity index (χ3v) is 4.19. The second-order valence-corrected chi connectivity index (χ2v) is 5.89. The van der Waals surface area contributed by atoms with Gasteiger partial charge in [-0.3, -0.25) is 14.9 Å². The molecule has 1 amide bonds. The van der Waals surface area contributed by atoms with Crippen LogP contribution in [0.15, 0.2) is 18.2 Å². The minimum Gasteiger partial charge on any atom is -0.490 e. The summed E-state index contributed by atoms with van der Waals surface area (Å²) >= 11 is 0. The van der Waals surface area contributed by atoms with Gasteiger partial charge in [-0.05, 0) is 32.3 Å². The maximum Gasteiger partial charge on any atom is 0.311 e. The van der Waals surface area contributed by atoms with Gasteiger partial charge < -0.3 is 20.1 Å². The van der Waals surface area contributed by atoms with Crippen molar-refractivity contribution < 1.29 is 19.2 Å². The van der Waals surface area contributed by atoms with Gasteiger partial charge in [0.2, 0.25) is 5.75 Å². The van der Waals surface area contributed by atoms with Crippen LogP contribution < -0.4 is 15.2 Å². The summed E-state index contributed by atoms with van der Waals surface area (Å²) in [6.45, 7) is 2.44. The summed E-state index contributed by atoms with van der Waals surface area (Å²) in [5.74, 6) is 0.311. The number of nitrogens with two attached hydrogens (primary N) is 1. The van der Waals surface area contributed by atoms with Crippen molar-refractivity contribution in [1.29, 1.82) is 0 Å². The summed E-state index contributed by atoms with van der Waals surface area (Å²) in [6.07, 6.45) is 2.92. The molecular weight excluding hydrogens is 314 g/mol. The highest BCUT2D eigenvalue weighted by atomic mass is 16.6. The zero-order chi connectivity index (χ0) is 17.7. The highest BCUT2D eigenvalue weighted by Gasteiger charge is 2.29. The molecule has 1 aromatic rings. The molecule has 2 N–H and O–H groups in total. The Hall–Kier alpha value is -2.35. The number of piperidine rings is 1. The number of likely N-dealkylation sites (tertiary alicyclic amines) is 1. The smallest absolute Gasteiger partial charge is 0.311 e. The summed E-state index contributed by atoms with van der Waals surface area (Å²) in [5.41, 5.74) is 5.82. The number of methoxy groups -OCH3 is 1. The van der Waals surface area contributed by atoms with Gasteiger partial charge in [-0.15, -0.1) is 0 Å². The van der Waals surface area contributed by atoms with Crippen molar-refractivity contribution in [3.8, 4) is 11.5 Å². The van der Waals surface area contributed by atoms with Crippen molar-refractivity contribution in [3.63, 3.8) is 0 Å². The SMILES string of the molecule is COc1cc(OCC(=O)N2CCCCC2C(C)N)ccc1[N+](=O)[O-]. The van der Waals surface area contributed by atoms with Crippen LogP contribution in [0, 0.1) is 10.1 Å². The van der Waals surface area contributed by atoms with E-state index in [0.717, 1.165) is 19.3 Å². The summed E-state index contributed by atoms with van der Waals surface area (Å²) in [4.78, 5) is 24.5. The first-order valence-corrected chi connectivity index (χ1v) is 7.94. The Morgan fingerprint density at radius 3 is 2.88 bits per heavy atom. The number of nitro benzene ring substituents is 1. The van der Waals surface area contributed by atoms with Crippen LogP contribution in [0.4, 0.5) is 5.69 Å². The van der Waals surface area contributed by atoms with Crippen LogP contribution in [-0.2, 0) is 4.79 Å². The third kappa shape index (κ3) is 4.14. The fourth-order valence-electron chi connectivity index (χ4n) is 2.94. The van der Waals surface area contributed by atoms with Crippen LogP contribution in [-0.4, -0.2) is 48.1 Å². The predicted octanol–water partition coefficient (Wildman–Crippen LogP) is 1.71. The van der Waals surface area contributed by atoms with Crippen molar-refractivity contribution in [2.75, 3.05) is 20.3 Å². The molecule has 1 aliphatic heterocycles. The van der Waals surface area contributed by atoms with Crippen LogP contribution in [0.5, 0.6) is 11.5 Å². The normalized spacial score (nSPS) is 18.8. The maximum absolute atomic E-state index is 12.4. The van der Waals surface area contributed by atoms with Gasteiger partial charge in [-0.25, -0.2) is 0 Å². The van der Waals surface area contributed by atoms with Crippen molar-refractivity contribution in [3.05, 3.63) is 28.3 Å². The van der Waals surface area contributed by atoms with Gasteiger partial charge in [0.1, 0.15) is 5.75 Å². The summed E-state index contributed by atoms with van der Waals surface area (Å²) < 4.78 is 10.5. The van der Waals surface area contributed by atoms with E-state index in [4.69, 9.17) is 15.2 Å². The van der Waals surface area contributed by atoms with Crippen molar-refractivity contribution in [1.82, 2.24) is 4.90 Å². The number of hydrogen-bond donors (Lipinski definition) is 1. The van der Waals surface area contributed by atoms with Crippen molar-refractivity contribution >= 4 is 11.6 Å². The van der Waals surface area contributed by atoms with Gasteiger partial charge in [0, 0.05) is 30.8 Å². The molecule has 1 aromatic carbocycles. The molecule has 8 heteroatoms. The van der Waals surface area contributed by atoms with Crippen LogP contribution in [0.25, 0.3) is 0 Å². The molecular formula is C16H23N3O5. The number of carbonyl (C=O) groups excluding carboxylic acids is 1. The number of hydrogen-bond acceptors (Lipinski definition) is 6. The van der Waals surface area contributed by atoms with Gasteiger partial charge in [-0.1, -0.05) is 0 Å². The van der Waals surface area contributed by atoms with Crippen LogP contribution in [0.2, 0.25) is 0 Å². The highest BCUT2D eigenvalue weighted by Crippen LogP contribution is 2.30. The predicted molar refractivity (Wildman–Crippen MR) is 88.1 cm³/mol.